The maximum absolute atomic E-state index is 11.4. The molecule has 5 heteroatoms. The van der Waals surface area contributed by atoms with Crippen molar-refractivity contribution < 1.29 is 9.90 Å². The van der Waals surface area contributed by atoms with Gasteiger partial charge in [0.25, 0.3) is 0 Å². The van der Waals surface area contributed by atoms with E-state index in [1.807, 2.05) is 23.8 Å². The molecule has 1 amide bonds. The third-order valence-corrected chi connectivity index (χ3v) is 3.19. The maximum Gasteiger partial charge on any atom is 0.220 e. The van der Waals surface area contributed by atoms with Crippen LogP contribution in [0.1, 0.15) is 37.9 Å². The van der Waals surface area contributed by atoms with Crippen LogP contribution in [0.3, 0.4) is 0 Å². The van der Waals surface area contributed by atoms with Crippen molar-refractivity contribution in [2.24, 2.45) is 5.73 Å². The van der Waals surface area contributed by atoms with Gasteiger partial charge in [-0.15, -0.1) is 0 Å². The van der Waals surface area contributed by atoms with Gasteiger partial charge in [0.15, 0.2) is 0 Å². The minimum Gasteiger partial charge on any atom is -0.387 e. The summed E-state index contributed by atoms with van der Waals surface area (Å²) in [5, 5.41) is 16.3. The number of thiophene rings is 1. The van der Waals surface area contributed by atoms with Gasteiger partial charge >= 0.3 is 0 Å². The predicted octanol–water partition coefficient (Wildman–Crippen LogP) is 1.42. The average Bonchev–Trinajstić information content (AvgIpc) is 2.78. The molecule has 96 valence electrons. The van der Waals surface area contributed by atoms with Crippen LogP contribution < -0.4 is 11.1 Å². The van der Waals surface area contributed by atoms with Crippen LogP contribution >= 0.6 is 11.3 Å². The lowest BCUT2D eigenvalue weighted by atomic mass is 10.1. The van der Waals surface area contributed by atoms with Crippen LogP contribution in [0.2, 0.25) is 0 Å². The molecule has 1 aromatic rings. The highest BCUT2D eigenvalue weighted by Gasteiger charge is 2.09. The van der Waals surface area contributed by atoms with Crippen LogP contribution in [0, 0.1) is 0 Å². The number of hydrogen-bond acceptors (Lipinski definition) is 4. The van der Waals surface area contributed by atoms with E-state index >= 15 is 0 Å². The Kier molecular flexibility index (Phi) is 6.18. The molecule has 4 nitrogen and oxygen atoms in total. The first-order chi connectivity index (χ1) is 8.09. The summed E-state index contributed by atoms with van der Waals surface area (Å²) in [7, 11) is 0. The summed E-state index contributed by atoms with van der Waals surface area (Å²) >= 11 is 1.53. The lowest BCUT2D eigenvalue weighted by Crippen LogP contribution is -2.28. The van der Waals surface area contributed by atoms with E-state index in [2.05, 4.69) is 5.32 Å². The molecule has 0 aliphatic rings. The standard InChI is InChI=1S/C12H20N2O2S/c1-9(13)3-2-4-12(16)14-7-11(15)10-5-6-17-8-10/h5-6,8-9,11,15H,2-4,7,13H2,1H3,(H,14,16). The Balaban J connectivity index is 2.15. The van der Waals surface area contributed by atoms with Crippen molar-refractivity contribution >= 4 is 17.2 Å². The summed E-state index contributed by atoms with van der Waals surface area (Å²) in [6, 6.07) is 2.00. The topological polar surface area (TPSA) is 75.4 Å². The monoisotopic (exact) mass is 256 g/mol. The van der Waals surface area contributed by atoms with Gasteiger partial charge in [-0.3, -0.25) is 4.79 Å². The summed E-state index contributed by atoms with van der Waals surface area (Å²) in [6.45, 7) is 2.20. The molecule has 0 aliphatic heterocycles. The molecule has 0 aromatic carbocycles. The molecule has 2 atom stereocenters. The number of nitrogens with two attached hydrogens (primary N) is 1. The van der Waals surface area contributed by atoms with Crippen molar-refractivity contribution in [3.05, 3.63) is 22.4 Å². The highest BCUT2D eigenvalue weighted by atomic mass is 32.1. The quantitative estimate of drug-likeness (QED) is 0.690. The average molecular weight is 256 g/mol. The Bertz CT molecular complexity index is 325. The molecule has 1 heterocycles. The molecule has 0 aliphatic carbocycles. The zero-order valence-corrected chi connectivity index (χ0v) is 10.9. The van der Waals surface area contributed by atoms with E-state index in [1.165, 1.54) is 11.3 Å². The lowest BCUT2D eigenvalue weighted by molar-refractivity contribution is -0.121. The van der Waals surface area contributed by atoms with Crippen molar-refractivity contribution in [1.29, 1.82) is 0 Å². The molecular weight excluding hydrogens is 236 g/mol. The van der Waals surface area contributed by atoms with Gasteiger partial charge < -0.3 is 16.2 Å². The number of amides is 1. The van der Waals surface area contributed by atoms with Crippen LogP contribution in [0.5, 0.6) is 0 Å². The number of carbonyl (C=O) groups is 1. The zero-order valence-electron chi connectivity index (χ0n) is 10.1. The van der Waals surface area contributed by atoms with E-state index in [-0.39, 0.29) is 18.5 Å². The first kappa shape index (κ1) is 14.2. The minimum atomic E-state index is -0.612. The molecule has 4 N–H and O–H groups in total. The van der Waals surface area contributed by atoms with Gasteiger partial charge in [-0.1, -0.05) is 0 Å². The van der Waals surface area contributed by atoms with Crippen LogP contribution in [0.25, 0.3) is 0 Å². The van der Waals surface area contributed by atoms with Crippen LogP contribution in [0.4, 0.5) is 0 Å². The predicted molar refractivity (Wildman–Crippen MR) is 69.8 cm³/mol. The first-order valence-corrected chi connectivity index (χ1v) is 6.76. The third kappa shape index (κ3) is 5.81. The van der Waals surface area contributed by atoms with Crippen molar-refractivity contribution in [3.8, 4) is 0 Å². The van der Waals surface area contributed by atoms with Crippen LogP contribution in [-0.4, -0.2) is 23.6 Å². The van der Waals surface area contributed by atoms with E-state index < -0.39 is 6.10 Å². The zero-order chi connectivity index (χ0) is 12.7. The van der Waals surface area contributed by atoms with E-state index in [4.69, 9.17) is 5.73 Å². The highest BCUT2D eigenvalue weighted by molar-refractivity contribution is 7.07. The number of carbonyl (C=O) groups excluding carboxylic acids is 1. The normalized spacial score (nSPS) is 14.3. The number of nitrogens with one attached hydrogen (secondary N) is 1. The molecule has 1 rings (SSSR count). The fraction of sp³-hybridized carbons (Fsp3) is 0.583. The van der Waals surface area contributed by atoms with Gasteiger partial charge in [-0.2, -0.15) is 11.3 Å². The van der Waals surface area contributed by atoms with Crippen molar-refractivity contribution in [2.45, 2.75) is 38.3 Å². The SMILES string of the molecule is CC(N)CCCC(=O)NCC(O)c1ccsc1. The highest BCUT2D eigenvalue weighted by Crippen LogP contribution is 2.15. The van der Waals surface area contributed by atoms with Gasteiger partial charge in [0.2, 0.25) is 5.91 Å². The molecule has 2 unspecified atom stereocenters. The molecule has 0 radical (unpaired) electrons. The fourth-order valence-corrected chi connectivity index (χ4v) is 2.17. The minimum absolute atomic E-state index is 0.0278. The van der Waals surface area contributed by atoms with Gasteiger partial charge in [0, 0.05) is 19.0 Å². The summed E-state index contributed by atoms with van der Waals surface area (Å²) in [6.07, 6.45) is 1.50. The Labute approximate surface area is 106 Å². The van der Waals surface area contributed by atoms with Crippen LogP contribution in [0.15, 0.2) is 16.8 Å². The number of aliphatic hydroxyl groups excluding tert-OH is 1. The smallest absolute Gasteiger partial charge is 0.220 e. The Hall–Kier alpha value is -0.910. The number of aliphatic hydroxyl groups is 1. The summed E-state index contributed by atoms with van der Waals surface area (Å²) < 4.78 is 0. The molecular formula is C12H20N2O2S. The summed E-state index contributed by atoms with van der Waals surface area (Å²) in [5.41, 5.74) is 6.45. The van der Waals surface area contributed by atoms with Gasteiger partial charge in [0.05, 0.1) is 6.10 Å². The Morgan fingerprint density at radius 1 is 1.65 bits per heavy atom. The second-order valence-electron chi connectivity index (χ2n) is 4.25. The van der Waals surface area contributed by atoms with E-state index in [9.17, 15) is 9.90 Å². The van der Waals surface area contributed by atoms with Crippen molar-refractivity contribution in [1.82, 2.24) is 5.32 Å². The van der Waals surface area contributed by atoms with Crippen LogP contribution in [-0.2, 0) is 4.79 Å². The second kappa shape index (κ2) is 7.42. The van der Waals surface area contributed by atoms with Gasteiger partial charge in [-0.25, -0.2) is 0 Å². The van der Waals surface area contributed by atoms with Gasteiger partial charge in [0.1, 0.15) is 0 Å². The maximum atomic E-state index is 11.4. The van der Waals surface area contributed by atoms with E-state index in [0.717, 1.165) is 18.4 Å². The molecule has 0 saturated carbocycles. The Morgan fingerprint density at radius 3 is 3.00 bits per heavy atom. The molecule has 0 spiro atoms. The molecule has 0 bridgehead atoms. The molecule has 0 fully saturated rings. The third-order valence-electron chi connectivity index (χ3n) is 2.48. The number of rotatable bonds is 7. The first-order valence-electron chi connectivity index (χ1n) is 5.82. The lowest BCUT2D eigenvalue weighted by Gasteiger charge is -2.10. The van der Waals surface area contributed by atoms with Crippen molar-refractivity contribution in [2.75, 3.05) is 6.54 Å². The second-order valence-corrected chi connectivity index (χ2v) is 5.03. The molecule has 0 saturated heterocycles. The largest absolute Gasteiger partial charge is 0.387 e. The van der Waals surface area contributed by atoms with E-state index in [0.29, 0.717) is 6.42 Å². The van der Waals surface area contributed by atoms with Crippen molar-refractivity contribution in [3.63, 3.8) is 0 Å². The van der Waals surface area contributed by atoms with E-state index in [1.54, 1.807) is 0 Å². The fourth-order valence-electron chi connectivity index (χ4n) is 1.47. The summed E-state index contributed by atoms with van der Waals surface area (Å²) in [4.78, 5) is 11.4. The summed E-state index contributed by atoms with van der Waals surface area (Å²) in [5.74, 6) is -0.0278. The molecule has 17 heavy (non-hydrogen) atoms. The Morgan fingerprint density at radius 2 is 2.41 bits per heavy atom. The van der Waals surface area contributed by atoms with Gasteiger partial charge in [-0.05, 0) is 42.2 Å². The molecule has 1 aromatic heterocycles. The number of hydrogen-bond donors (Lipinski definition) is 3.